The average molecular weight is 373 g/mol. The molecular formula is C21H28FN3O2. The third kappa shape index (κ3) is 7.09. The molecule has 1 heterocycles. The van der Waals surface area contributed by atoms with E-state index < -0.39 is 5.91 Å². The van der Waals surface area contributed by atoms with E-state index in [1.54, 1.807) is 6.20 Å². The Balaban J connectivity index is 0.00000176. The number of nitrogens with two attached hydrogens (primary N) is 1. The van der Waals surface area contributed by atoms with Crippen LogP contribution in [0.15, 0.2) is 48.4 Å². The third-order valence-electron chi connectivity index (χ3n) is 3.70. The Morgan fingerprint density at radius 2 is 1.89 bits per heavy atom. The molecule has 2 aromatic rings. The average Bonchev–Trinajstić information content (AvgIpc) is 2.68. The van der Waals surface area contributed by atoms with E-state index in [2.05, 4.69) is 10.3 Å². The molecule has 0 radical (unpaired) electrons. The molecule has 0 spiro atoms. The topological polar surface area (TPSA) is 77.2 Å². The van der Waals surface area contributed by atoms with Gasteiger partial charge in [-0.1, -0.05) is 43.7 Å². The molecule has 1 aromatic heterocycles. The number of aromatic nitrogens is 1. The van der Waals surface area contributed by atoms with Crippen LogP contribution in [0.5, 0.6) is 0 Å². The number of hydrogen-bond acceptors (Lipinski definition) is 4. The summed E-state index contributed by atoms with van der Waals surface area (Å²) in [4.78, 5) is 16.0. The van der Waals surface area contributed by atoms with Crippen molar-refractivity contribution in [2.45, 2.75) is 33.6 Å². The molecule has 0 unspecified atom stereocenters. The SMILES string of the molecule is CC.CO/C(=C(\N)C(=O)NCCCc1cncc(F)c1)c1ccc(C)cc1. The van der Waals surface area contributed by atoms with Gasteiger partial charge in [0.15, 0.2) is 5.76 Å². The molecule has 0 aliphatic heterocycles. The molecule has 0 saturated carbocycles. The fraction of sp³-hybridized carbons (Fsp3) is 0.333. The van der Waals surface area contributed by atoms with Gasteiger partial charge in [-0.25, -0.2) is 4.39 Å². The quantitative estimate of drug-likeness (QED) is 0.442. The van der Waals surface area contributed by atoms with Gasteiger partial charge in [0.25, 0.3) is 5.91 Å². The number of methoxy groups -OCH3 is 1. The lowest BCUT2D eigenvalue weighted by molar-refractivity contribution is -0.117. The minimum absolute atomic E-state index is 0.0266. The number of aryl methyl sites for hydroxylation is 2. The van der Waals surface area contributed by atoms with Crippen LogP contribution in [0.4, 0.5) is 4.39 Å². The molecule has 0 saturated heterocycles. The first-order valence-electron chi connectivity index (χ1n) is 8.99. The Labute approximate surface area is 160 Å². The van der Waals surface area contributed by atoms with E-state index >= 15 is 0 Å². The van der Waals surface area contributed by atoms with Crippen LogP contribution in [0, 0.1) is 12.7 Å². The molecule has 6 heteroatoms. The van der Waals surface area contributed by atoms with Gasteiger partial charge in [0.1, 0.15) is 11.5 Å². The maximum atomic E-state index is 13.1. The molecule has 0 atom stereocenters. The lowest BCUT2D eigenvalue weighted by Crippen LogP contribution is -2.30. The van der Waals surface area contributed by atoms with Crippen LogP contribution in [-0.4, -0.2) is 24.5 Å². The van der Waals surface area contributed by atoms with Crippen molar-refractivity contribution in [2.24, 2.45) is 5.73 Å². The first kappa shape index (κ1) is 22.2. The molecule has 0 fully saturated rings. The molecule has 0 aliphatic carbocycles. The fourth-order valence-electron chi connectivity index (χ4n) is 2.37. The molecular weight excluding hydrogens is 345 g/mol. The summed E-state index contributed by atoms with van der Waals surface area (Å²) in [6.45, 7) is 6.39. The molecule has 27 heavy (non-hydrogen) atoms. The molecule has 5 nitrogen and oxygen atoms in total. The van der Waals surface area contributed by atoms with Gasteiger partial charge in [0.05, 0.1) is 13.3 Å². The molecule has 1 aromatic carbocycles. The van der Waals surface area contributed by atoms with Crippen LogP contribution < -0.4 is 11.1 Å². The van der Waals surface area contributed by atoms with Gasteiger partial charge < -0.3 is 15.8 Å². The van der Waals surface area contributed by atoms with Crippen LogP contribution in [0.1, 0.15) is 37.0 Å². The van der Waals surface area contributed by atoms with Crippen LogP contribution in [0.2, 0.25) is 0 Å². The van der Waals surface area contributed by atoms with E-state index in [0.717, 1.165) is 22.9 Å². The lowest BCUT2D eigenvalue weighted by Gasteiger charge is -2.12. The Kier molecular flexibility index (Phi) is 9.58. The Hall–Kier alpha value is -2.89. The van der Waals surface area contributed by atoms with Crippen molar-refractivity contribution in [2.75, 3.05) is 13.7 Å². The largest absolute Gasteiger partial charge is 0.494 e. The van der Waals surface area contributed by atoms with E-state index in [0.29, 0.717) is 25.1 Å². The summed E-state index contributed by atoms with van der Waals surface area (Å²) in [6, 6.07) is 8.99. The van der Waals surface area contributed by atoms with Gasteiger partial charge in [-0.15, -0.1) is 0 Å². The number of carbonyl (C=O) groups excluding carboxylic acids is 1. The van der Waals surface area contributed by atoms with E-state index in [-0.39, 0.29) is 11.5 Å². The van der Waals surface area contributed by atoms with Crippen molar-refractivity contribution >= 4 is 11.7 Å². The summed E-state index contributed by atoms with van der Waals surface area (Å²) in [5.74, 6) is -0.418. The second kappa shape index (κ2) is 11.7. The fourth-order valence-corrected chi connectivity index (χ4v) is 2.37. The van der Waals surface area contributed by atoms with Gasteiger partial charge in [-0.3, -0.25) is 9.78 Å². The molecule has 3 N–H and O–H groups in total. The zero-order valence-electron chi connectivity index (χ0n) is 16.4. The lowest BCUT2D eigenvalue weighted by atomic mass is 10.1. The highest BCUT2D eigenvalue weighted by Gasteiger charge is 2.14. The van der Waals surface area contributed by atoms with Gasteiger partial charge >= 0.3 is 0 Å². The maximum absolute atomic E-state index is 13.1. The minimum Gasteiger partial charge on any atom is -0.494 e. The maximum Gasteiger partial charge on any atom is 0.271 e. The first-order valence-corrected chi connectivity index (χ1v) is 8.99. The molecule has 0 bridgehead atoms. The van der Waals surface area contributed by atoms with Crippen molar-refractivity contribution in [1.82, 2.24) is 10.3 Å². The summed E-state index contributed by atoms with van der Waals surface area (Å²) >= 11 is 0. The molecule has 1 amide bonds. The van der Waals surface area contributed by atoms with E-state index in [9.17, 15) is 9.18 Å². The number of carbonyl (C=O) groups is 1. The number of hydrogen-bond donors (Lipinski definition) is 2. The molecule has 2 rings (SSSR count). The zero-order chi connectivity index (χ0) is 20.2. The summed E-state index contributed by atoms with van der Waals surface area (Å²) in [7, 11) is 1.48. The van der Waals surface area contributed by atoms with Crippen molar-refractivity contribution < 1.29 is 13.9 Å². The van der Waals surface area contributed by atoms with Gasteiger partial charge in [-0.2, -0.15) is 0 Å². The van der Waals surface area contributed by atoms with Crippen molar-refractivity contribution in [1.29, 1.82) is 0 Å². The van der Waals surface area contributed by atoms with Crippen LogP contribution in [0.25, 0.3) is 5.76 Å². The second-order valence-electron chi connectivity index (χ2n) is 5.68. The predicted octanol–water partition coefficient (Wildman–Crippen LogP) is 3.58. The standard InChI is InChI=1S/C19H22FN3O2.C2H6/c1-13-5-7-15(8-6-13)18(25-2)17(21)19(24)23-9-3-4-14-10-16(20)12-22-11-14;1-2/h5-8,10-12H,3-4,9,21H2,1-2H3,(H,23,24);1-2H3/b18-17-;. The smallest absolute Gasteiger partial charge is 0.271 e. The number of pyridine rings is 1. The Bertz CT molecular complexity index is 758. The van der Waals surface area contributed by atoms with Gasteiger partial charge in [-0.05, 0) is 31.4 Å². The number of nitrogens with one attached hydrogen (secondary N) is 1. The first-order chi connectivity index (χ1) is 13.0. The number of amides is 1. The number of rotatable bonds is 7. The Morgan fingerprint density at radius 3 is 2.48 bits per heavy atom. The van der Waals surface area contributed by atoms with Gasteiger partial charge in [0.2, 0.25) is 0 Å². The highest BCUT2D eigenvalue weighted by atomic mass is 19.1. The number of halogens is 1. The number of benzene rings is 1. The van der Waals surface area contributed by atoms with Crippen molar-refractivity contribution in [3.05, 3.63) is 70.9 Å². The number of nitrogens with zero attached hydrogens (tertiary/aromatic N) is 1. The number of ether oxygens (including phenoxy) is 1. The zero-order valence-corrected chi connectivity index (χ0v) is 16.4. The normalized spacial score (nSPS) is 11.0. The highest BCUT2D eigenvalue weighted by molar-refractivity contribution is 5.98. The minimum atomic E-state index is -0.394. The molecule has 146 valence electrons. The summed E-state index contributed by atoms with van der Waals surface area (Å²) in [6.07, 6.45) is 4.04. The molecule has 0 aliphatic rings. The Morgan fingerprint density at radius 1 is 1.22 bits per heavy atom. The highest BCUT2D eigenvalue weighted by Crippen LogP contribution is 2.18. The third-order valence-corrected chi connectivity index (χ3v) is 3.70. The second-order valence-corrected chi connectivity index (χ2v) is 5.68. The van der Waals surface area contributed by atoms with E-state index in [4.69, 9.17) is 10.5 Å². The summed E-state index contributed by atoms with van der Waals surface area (Å²) in [5, 5.41) is 2.75. The summed E-state index contributed by atoms with van der Waals surface area (Å²) in [5.41, 5.74) is 8.60. The van der Waals surface area contributed by atoms with E-state index in [1.165, 1.54) is 13.2 Å². The van der Waals surface area contributed by atoms with Crippen molar-refractivity contribution in [3.63, 3.8) is 0 Å². The van der Waals surface area contributed by atoms with Crippen LogP contribution >= 0.6 is 0 Å². The van der Waals surface area contributed by atoms with Crippen molar-refractivity contribution in [3.8, 4) is 0 Å². The van der Waals surface area contributed by atoms with Gasteiger partial charge in [0, 0.05) is 18.3 Å². The van der Waals surface area contributed by atoms with E-state index in [1.807, 2.05) is 45.0 Å². The van der Waals surface area contributed by atoms with Crippen LogP contribution in [-0.2, 0) is 16.0 Å². The summed E-state index contributed by atoms with van der Waals surface area (Å²) < 4.78 is 18.3. The predicted molar refractivity (Wildman–Crippen MR) is 106 cm³/mol. The monoisotopic (exact) mass is 373 g/mol. The van der Waals surface area contributed by atoms with Crippen LogP contribution in [0.3, 0.4) is 0 Å².